The first kappa shape index (κ1) is 16.2. The van der Waals surface area contributed by atoms with E-state index in [1.165, 1.54) is 11.1 Å². The lowest BCUT2D eigenvalue weighted by atomic mass is 10.0. The molecule has 0 bridgehead atoms. The second-order valence-electron chi connectivity index (χ2n) is 6.35. The summed E-state index contributed by atoms with van der Waals surface area (Å²) in [4.78, 5) is 2.60. The molecule has 2 atom stereocenters. The first-order valence-electron chi connectivity index (χ1n) is 8.63. The Balaban J connectivity index is 1.64. The average molecular weight is 313 g/mol. The maximum Gasteiger partial charge on any atom is 0.0745 e. The third-order valence-corrected chi connectivity index (χ3v) is 4.71. The Bertz CT molecular complexity index is 596. The van der Waals surface area contributed by atoms with Gasteiger partial charge in [0.25, 0.3) is 0 Å². The van der Waals surface area contributed by atoms with Crippen LogP contribution in [-0.2, 0) is 24.6 Å². The van der Waals surface area contributed by atoms with Gasteiger partial charge in [0, 0.05) is 39.0 Å². The van der Waals surface area contributed by atoms with Gasteiger partial charge in [-0.2, -0.15) is 5.10 Å². The monoisotopic (exact) mass is 313 g/mol. The molecule has 4 nitrogen and oxygen atoms in total. The van der Waals surface area contributed by atoms with Crippen LogP contribution in [0.2, 0.25) is 0 Å². The second-order valence-corrected chi connectivity index (χ2v) is 6.35. The number of hydrogen-bond donors (Lipinski definition) is 0. The number of rotatable bonds is 7. The summed E-state index contributed by atoms with van der Waals surface area (Å²) in [6.07, 6.45) is 7.70. The molecule has 0 N–H and O–H groups in total. The van der Waals surface area contributed by atoms with Crippen LogP contribution in [0.1, 0.15) is 24.5 Å². The van der Waals surface area contributed by atoms with Gasteiger partial charge in [0.15, 0.2) is 0 Å². The van der Waals surface area contributed by atoms with E-state index in [1.807, 2.05) is 17.9 Å². The van der Waals surface area contributed by atoms with Crippen molar-refractivity contribution in [1.82, 2.24) is 14.7 Å². The predicted molar refractivity (Wildman–Crippen MR) is 92.5 cm³/mol. The molecule has 1 aromatic heterocycles. The molecule has 0 saturated carbocycles. The number of hydrogen-bond acceptors (Lipinski definition) is 3. The second kappa shape index (κ2) is 7.75. The zero-order valence-electron chi connectivity index (χ0n) is 14.2. The highest BCUT2D eigenvalue weighted by Crippen LogP contribution is 2.24. The SMILES string of the molecule is CCO[C@@H]1CCN(CCc2ccccc2)[C@@H]1Cc1cnn(C)c1. The summed E-state index contributed by atoms with van der Waals surface area (Å²) in [5, 5.41) is 4.31. The Kier molecular flexibility index (Phi) is 5.47. The zero-order valence-corrected chi connectivity index (χ0v) is 14.2. The molecule has 1 saturated heterocycles. The fraction of sp³-hybridized carbons (Fsp3) is 0.526. The van der Waals surface area contributed by atoms with E-state index in [1.54, 1.807) is 0 Å². The summed E-state index contributed by atoms with van der Waals surface area (Å²) in [7, 11) is 1.98. The van der Waals surface area contributed by atoms with Crippen LogP contribution in [0.25, 0.3) is 0 Å². The highest BCUT2D eigenvalue weighted by atomic mass is 16.5. The predicted octanol–water partition coefficient (Wildman–Crippen LogP) is 2.68. The van der Waals surface area contributed by atoms with Gasteiger partial charge in [-0.3, -0.25) is 9.58 Å². The van der Waals surface area contributed by atoms with Gasteiger partial charge in [-0.05, 0) is 37.3 Å². The highest BCUT2D eigenvalue weighted by Gasteiger charge is 2.34. The summed E-state index contributed by atoms with van der Waals surface area (Å²) in [5.74, 6) is 0. The minimum absolute atomic E-state index is 0.343. The number of likely N-dealkylation sites (tertiary alicyclic amines) is 1. The molecule has 0 aliphatic carbocycles. The van der Waals surface area contributed by atoms with E-state index in [0.717, 1.165) is 39.0 Å². The number of ether oxygens (including phenoxy) is 1. The molecule has 0 radical (unpaired) electrons. The molecular weight excluding hydrogens is 286 g/mol. The van der Waals surface area contributed by atoms with Crippen molar-refractivity contribution in [3.8, 4) is 0 Å². The van der Waals surface area contributed by atoms with Crippen molar-refractivity contribution >= 4 is 0 Å². The zero-order chi connectivity index (χ0) is 16.1. The van der Waals surface area contributed by atoms with Crippen LogP contribution in [0.15, 0.2) is 42.7 Å². The smallest absolute Gasteiger partial charge is 0.0745 e. The molecule has 0 unspecified atom stereocenters. The lowest BCUT2D eigenvalue weighted by molar-refractivity contribution is 0.0348. The Morgan fingerprint density at radius 3 is 2.74 bits per heavy atom. The summed E-state index contributed by atoms with van der Waals surface area (Å²) < 4.78 is 7.89. The molecule has 2 heterocycles. The number of nitrogens with zero attached hydrogens (tertiary/aromatic N) is 3. The molecule has 1 aromatic carbocycles. The molecule has 4 heteroatoms. The molecule has 0 amide bonds. The van der Waals surface area contributed by atoms with Crippen LogP contribution in [0.3, 0.4) is 0 Å². The van der Waals surface area contributed by atoms with E-state index in [4.69, 9.17) is 4.74 Å². The molecule has 23 heavy (non-hydrogen) atoms. The number of benzene rings is 1. The fourth-order valence-corrected chi connectivity index (χ4v) is 3.57. The van der Waals surface area contributed by atoms with Gasteiger partial charge in [0.2, 0.25) is 0 Å². The Labute approximate surface area is 139 Å². The highest BCUT2D eigenvalue weighted by molar-refractivity contribution is 5.15. The number of aromatic nitrogens is 2. The van der Waals surface area contributed by atoms with E-state index in [2.05, 4.69) is 53.5 Å². The molecule has 3 rings (SSSR count). The summed E-state index contributed by atoms with van der Waals surface area (Å²) in [6.45, 7) is 5.11. The van der Waals surface area contributed by atoms with Gasteiger partial charge in [-0.15, -0.1) is 0 Å². The third kappa shape index (κ3) is 4.21. The molecule has 1 aliphatic rings. The Hall–Kier alpha value is -1.65. The van der Waals surface area contributed by atoms with Crippen molar-refractivity contribution in [1.29, 1.82) is 0 Å². The van der Waals surface area contributed by atoms with Crippen molar-refractivity contribution in [3.05, 3.63) is 53.9 Å². The van der Waals surface area contributed by atoms with Crippen LogP contribution in [-0.4, -0.2) is 46.5 Å². The van der Waals surface area contributed by atoms with Gasteiger partial charge in [0.05, 0.1) is 12.3 Å². The van der Waals surface area contributed by atoms with E-state index >= 15 is 0 Å². The van der Waals surface area contributed by atoms with E-state index in [-0.39, 0.29) is 0 Å². The van der Waals surface area contributed by atoms with Crippen LogP contribution in [0.4, 0.5) is 0 Å². The topological polar surface area (TPSA) is 30.3 Å². The maximum atomic E-state index is 6.01. The Morgan fingerprint density at radius 1 is 1.22 bits per heavy atom. The standard InChI is InChI=1S/C19H27N3O/c1-3-23-19-10-12-22(11-9-16-7-5-4-6-8-16)18(19)13-17-14-20-21(2)15-17/h4-8,14-15,18-19H,3,9-13H2,1-2H3/t18-,19-/m1/s1. The van der Waals surface area contributed by atoms with Gasteiger partial charge in [-0.25, -0.2) is 0 Å². The Morgan fingerprint density at radius 2 is 2.04 bits per heavy atom. The first-order chi connectivity index (χ1) is 11.3. The third-order valence-electron chi connectivity index (χ3n) is 4.71. The van der Waals surface area contributed by atoms with Crippen molar-refractivity contribution in [2.75, 3.05) is 19.7 Å². The van der Waals surface area contributed by atoms with Gasteiger partial charge in [-0.1, -0.05) is 30.3 Å². The van der Waals surface area contributed by atoms with E-state index < -0.39 is 0 Å². The quantitative estimate of drug-likeness (QED) is 0.787. The van der Waals surface area contributed by atoms with Crippen molar-refractivity contribution < 1.29 is 4.74 Å². The lowest BCUT2D eigenvalue weighted by Crippen LogP contribution is -2.39. The molecule has 1 fully saturated rings. The van der Waals surface area contributed by atoms with Gasteiger partial charge < -0.3 is 4.74 Å². The van der Waals surface area contributed by atoms with Gasteiger partial charge in [0.1, 0.15) is 0 Å². The van der Waals surface area contributed by atoms with Crippen LogP contribution in [0, 0.1) is 0 Å². The fourth-order valence-electron chi connectivity index (χ4n) is 3.57. The minimum atomic E-state index is 0.343. The molecule has 1 aliphatic heterocycles. The number of aryl methyl sites for hydroxylation is 1. The molecule has 2 aromatic rings. The maximum absolute atomic E-state index is 6.01. The summed E-state index contributed by atoms with van der Waals surface area (Å²) in [6, 6.07) is 11.2. The largest absolute Gasteiger partial charge is 0.377 e. The molecule has 124 valence electrons. The average Bonchev–Trinajstić information content (AvgIpc) is 3.14. The molecular formula is C19H27N3O. The molecule has 0 spiro atoms. The van der Waals surface area contributed by atoms with Crippen molar-refractivity contribution in [2.45, 2.75) is 38.3 Å². The summed E-state index contributed by atoms with van der Waals surface area (Å²) >= 11 is 0. The first-order valence-corrected chi connectivity index (χ1v) is 8.63. The lowest BCUT2D eigenvalue weighted by Gasteiger charge is -2.27. The summed E-state index contributed by atoms with van der Waals surface area (Å²) in [5.41, 5.74) is 2.71. The van der Waals surface area contributed by atoms with Crippen molar-refractivity contribution in [3.63, 3.8) is 0 Å². The van der Waals surface area contributed by atoms with E-state index in [9.17, 15) is 0 Å². The van der Waals surface area contributed by atoms with Crippen molar-refractivity contribution in [2.24, 2.45) is 7.05 Å². The van der Waals surface area contributed by atoms with Crippen LogP contribution >= 0.6 is 0 Å². The van der Waals surface area contributed by atoms with E-state index in [0.29, 0.717) is 12.1 Å². The van der Waals surface area contributed by atoms with Gasteiger partial charge >= 0.3 is 0 Å². The van der Waals surface area contributed by atoms with Crippen LogP contribution < -0.4 is 0 Å². The van der Waals surface area contributed by atoms with Crippen LogP contribution in [0.5, 0.6) is 0 Å². The normalized spacial score (nSPS) is 21.8. The minimum Gasteiger partial charge on any atom is -0.377 e.